The molecule has 0 saturated heterocycles. The van der Waals surface area contributed by atoms with Gasteiger partial charge in [0.1, 0.15) is 6.79 Å². The van der Waals surface area contributed by atoms with Crippen LogP contribution < -0.4 is 0 Å². The van der Waals surface area contributed by atoms with E-state index in [0.717, 1.165) is 11.1 Å². The lowest BCUT2D eigenvalue weighted by Crippen LogP contribution is -2.12. The molecule has 0 aliphatic rings. The lowest BCUT2D eigenvalue weighted by molar-refractivity contribution is -0.0803. The van der Waals surface area contributed by atoms with Gasteiger partial charge in [0.2, 0.25) is 0 Å². The molecule has 0 aliphatic heterocycles. The van der Waals surface area contributed by atoms with E-state index < -0.39 is 0 Å². The van der Waals surface area contributed by atoms with Gasteiger partial charge in [-0.15, -0.1) is 0 Å². The summed E-state index contributed by atoms with van der Waals surface area (Å²) in [5, 5.41) is 0. The molecule has 0 spiro atoms. The molecule has 2 atom stereocenters. The van der Waals surface area contributed by atoms with Gasteiger partial charge in [-0.2, -0.15) is 0 Å². The lowest BCUT2D eigenvalue weighted by atomic mass is 9.91. The minimum absolute atomic E-state index is 0.000587. The van der Waals surface area contributed by atoms with Crippen molar-refractivity contribution < 1.29 is 19.0 Å². The molecule has 27 heavy (non-hydrogen) atoms. The summed E-state index contributed by atoms with van der Waals surface area (Å²) < 4.78 is 15.9. The molecule has 0 saturated carbocycles. The Morgan fingerprint density at radius 3 is 2.30 bits per heavy atom. The highest BCUT2D eigenvalue weighted by molar-refractivity contribution is 5.96. The first-order valence-corrected chi connectivity index (χ1v) is 9.20. The Kier molecular flexibility index (Phi) is 9.49. The van der Waals surface area contributed by atoms with Crippen molar-refractivity contribution in [2.24, 2.45) is 0 Å². The van der Waals surface area contributed by atoms with Crippen LogP contribution >= 0.6 is 0 Å². The third-order valence-electron chi connectivity index (χ3n) is 4.19. The van der Waals surface area contributed by atoms with Gasteiger partial charge in [-0.1, -0.05) is 72.8 Å². The predicted molar refractivity (Wildman–Crippen MR) is 107 cm³/mol. The second kappa shape index (κ2) is 12.2. The molecule has 0 fully saturated rings. The fourth-order valence-electron chi connectivity index (χ4n) is 2.64. The zero-order valence-electron chi connectivity index (χ0n) is 16.0. The summed E-state index contributed by atoms with van der Waals surface area (Å²) in [6, 6.07) is 19.5. The van der Waals surface area contributed by atoms with E-state index in [-0.39, 0.29) is 24.6 Å². The first-order chi connectivity index (χ1) is 13.2. The molecule has 0 aromatic heterocycles. The van der Waals surface area contributed by atoms with Gasteiger partial charge in [-0.3, -0.25) is 4.79 Å². The zero-order valence-corrected chi connectivity index (χ0v) is 16.0. The highest BCUT2D eigenvalue weighted by Gasteiger charge is 2.15. The maximum atomic E-state index is 12.6. The molecule has 0 aliphatic carbocycles. The molecule has 0 N–H and O–H groups in total. The first kappa shape index (κ1) is 21.0. The summed E-state index contributed by atoms with van der Waals surface area (Å²) in [5.41, 5.74) is 1.85. The Morgan fingerprint density at radius 2 is 1.63 bits per heavy atom. The van der Waals surface area contributed by atoms with Crippen molar-refractivity contribution >= 4 is 5.78 Å². The maximum absolute atomic E-state index is 12.6. The molecule has 0 radical (unpaired) electrons. The van der Waals surface area contributed by atoms with Crippen LogP contribution in [0, 0.1) is 0 Å². The van der Waals surface area contributed by atoms with Gasteiger partial charge in [-0.05, 0) is 12.5 Å². The number of carbonyl (C=O) groups excluding carboxylic acids is 1. The number of allylic oxidation sites excluding steroid dienone is 1. The molecule has 4 heteroatoms. The smallest absolute Gasteiger partial charge is 0.163 e. The minimum atomic E-state index is -0.106. The van der Waals surface area contributed by atoms with E-state index in [0.29, 0.717) is 19.6 Å². The van der Waals surface area contributed by atoms with Gasteiger partial charge in [-0.25, -0.2) is 0 Å². The average molecular weight is 368 g/mol. The summed E-state index contributed by atoms with van der Waals surface area (Å²) in [6.07, 6.45) is 4.35. The van der Waals surface area contributed by atoms with Gasteiger partial charge >= 0.3 is 0 Å². The van der Waals surface area contributed by atoms with E-state index in [4.69, 9.17) is 14.2 Å². The molecule has 0 bridgehead atoms. The highest BCUT2D eigenvalue weighted by atomic mass is 16.7. The van der Waals surface area contributed by atoms with E-state index in [1.54, 1.807) is 7.11 Å². The largest absolute Gasteiger partial charge is 0.382 e. The fraction of sp³-hybridized carbons (Fsp3) is 0.348. The fourth-order valence-corrected chi connectivity index (χ4v) is 2.64. The number of benzene rings is 2. The number of hydrogen-bond donors (Lipinski definition) is 0. The molecule has 4 nitrogen and oxygen atoms in total. The van der Waals surface area contributed by atoms with Gasteiger partial charge < -0.3 is 14.2 Å². The minimum Gasteiger partial charge on any atom is -0.382 e. The van der Waals surface area contributed by atoms with Crippen LogP contribution in [0.5, 0.6) is 0 Å². The molecular formula is C23H28O4. The van der Waals surface area contributed by atoms with Crippen molar-refractivity contribution in [2.45, 2.75) is 25.4 Å². The van der Waals surface area contributed by atoms with Crippen LogP contribution in [0.1, 0.15) is 35.2 Å². The topological polar surface area (TPSA) is 44.8 Å². The van der Waals surface area contributed by atoms with Crippen LogP contribution in [0.15, 0.2) is 72.8 Å². The van der Waals surface area contributed by atoms with Crippen molar-refractivity contribution in [2.75, 3.05) is 27.1 Å². The standard InChI is InChI=1S/C23H28O4/c1-19(27-18-26-16-15-25-2)13-14-22(20-9-5-3-6-10-20)17-23(24)21-11-7-4-8-12-21/h3-14,19,22H,15-18H2,1-2H3/b14-13+/t19-,22-/m0/s1. The Bertz CT molecular complexity index is 682. The molecule has 0 amide bonds. The monoisotopic (exact) mass is 368 g/mol. The van der Waals surface area contributed by atoms with Gasteiger partial charge in [0, 0.05) is 25.0 Å². The molecule has 0 unspecified atom stereocenters. The Morgan fingerprint density at radius 1 is 0.963 bits per heavy atom. The van der Waals surface area contributed by atoms with Crippen molar-refractivity contribution in [1.29, 1.82) is 0 Å². The van der Waals surface area contributed by atoms with Crippen LogP contribution in [0.4, 0.5) is 0 Å². The lowest BCUT2D eigenvalue weighted by Gasteiger charge is -2.15. The van der Waals surface area contributed by atoms with E-state index in [1.165, 1.54) is 0 Å². The third-order valence-corrected chi connectivity index (χ3v) is 4.19. The van der Waals surface area contributed by atoms with Crippen LogP contribution in [0.25, 0.3) is 0 Å². The summed E-state index contributed by atoms with van der Waals surface area (Å²) in [5.74, 6) is 0.130. The van der Waals surface area contributed by atoms with Gasteiger partial charge in [0.15, 0.2) is 5.78 Å². The van der Waals surface area contributed by atoms with Crippen molar-refractivity contribution in [1.82, 2.24) is 0 Å². The number of rotatable bonds is 12. The number of carbonyl (C=O) groups is 1. The van der Waals surface area contributed by atoms with Crippen molar-refractivity contribution in [3.8, 4) is 0 Å². The number of methoxy groups -OCH3 is 1. The van der Waals surface area contributed by atoms with E-state index in [2.05, 4.69) is 6.08 Å². The molecular weight excluding hydrogens is 340 g/mol. The molecule has 2 rings (SSSR count). The van der Waals surface area contributed by atoms with E-state index in [1.807, 2.05) is 73.7 Å². The predicted octanol–water partition coefficient (Wildman–Crippen LogP) is 4.63. The van der Waals surface area contributed by atoms with Crippen LogP contribution in [0.2, 0.25) is 0 Å². The number of ketones is 1. The average Bonchev–Trinajstić information content (AvgIpc) is 2.72. The molecule has 2 aromatic rings. The zero-order chi connectivity index (χ0) is 19.3. The van der Waals surface area contributed by atoms with Crippen LogP contribution in [-0.4, -0.2) is 39.0 Å². The van der Waals surface area contributed by atoms with Gasteiger partial charge in [0.05, 0.1) is 19.3 Å². The van der Waals surface area contributed by atoms with Gasteiger partial charge in [0.25, 0.3) is 0 Å². The van der Waals surface area contributed by atoms with E-state index >= 15 is 0 Å². The number of hydrogen-bond acceptors (Lipinski definition) is 4. The number of Topliss-reactive ketones (excluding diaryl/α,β-unsaturated/α-hetero) is 1. The summed E-state index contributed by atoms with van der Waals surface area (Å²) >= 11 is 0. The third kappa shape index (κ3) is 7.87. The highest BCUT2D eigenvalue weighted by Crippen LogP contribution is 2.23. The molecule has 2 aromatic carbocycles. The van der Waals surface area contributed by atoms with Crippen LogP contribution in [-0.2, 0) is 14.2 Å². The Labute approximate surface area is 161 Å². The Balaban J connectivity index is 1.97. The first-order valence-electron chi connectivity index (χ1n) is 9.20. The second-order valence-electron chi connectivity index (χ2n) is 6.29. The maximum Gasteiger partial charge on any atom is 0.163 e. The molecule has 144 valence electrons. The summed E-state index contributed by atoms with van der Waals surface area (Å²) in [6.45, 7) is 3.22. The van der Waals surface area contributed by atoms with Crippen LogP contribution in [0.3, 0.4) is 0 Å². The van der Waals surface area contributed by atoms with E-state index in [9.17, 15) is 4.79 Å². The summed E-state index contributed by atoms with van der Waals surface area (Å²) in [7, 11) is 1.63. The SMILES string of the molecule is COCCOCO[C@@H](C)/C=C/[C@@H](CC(=O)c1ccccc1)c1ccccc1. The van der Waals surface area contributed by atoms with Crippen molar-refractivity contribution in [3.05, 3.63) is 83.9 Å². The Hall–Kier alpha value is -2.27. The normalized spacial score (nSPS) is 13.6. The number of ether oxygens (including phenoxy) is 3. The molecule has 0 heterocycles. The van der Waals surface area contributed by atoms with Crippen molar-refractivity contribution in [3.63, 3.8) is 0 Å². The second-order valence-corrected chi connectivity index (χ2v) is 6.29. The summed E-state index contributed by atoms with van der Waals surface area (Å²) in [4.78, 5) is 12.6. The quantitative estimate of drug-likeness (QED) is 0.237.